The van der Waals surface area contributed by atoms with Crippen molar-refractivity contribution in [3.63, 3.8) is 0 Å². The molecule has 0 aliphatic rings. The van der Waals surface area contributed by atoms with E-state index in [9.17, 15) is 0 Å². The third-order valence-corrected chi connectivity index (χ3v) is 1.08. The average Bonchev–Trinajstić information content (AvgIpc) is 1.81. The quantitative estimate of drug-likeness (QED) is 0.301. The predicted molar refractivity (Wildman–Crippen MR) is 36.8 cm³/mol. The van der Waals surface area contributed by atoms with Crippen LogP contribution in [0.15, 0.2) is 0 Å². The summed E-state index contributed by atoms with van der Waals surface area (Å²) in [4.78, 5) is 0. The minimum atomic E-state index is 0.492. The summed E-state index contributed by atoms with van der Waals surface area (Å²) in [6.45, 7) is 3.48. The minimum absolute atomic E-state index is 0.492. The van der Waals surface area contributed by atoms with Gasteiger partial charge in [-0.2, -0.15) is 0 Å². The fourth-order valence-corrected chi connectivity index (χ4v) is 0.555. The summed E-state index contributed by atoms with van der Waals surface area (Å²) in [5.74, 6) is 0. The van der Waals surface area contributed by atoms with Crippen molar-refractivity contribution in [2.24, 2.45) is 0 Å². The van der Waals surface area contributed by atoms with Crippen LogP contribution >= 0.6 is 0 Å². The molecule has 0 fully saturated rings. The van der Waals surface area contributed by atoms with Crippen molar-refractivity contribution in [2.45, 2.75) is 19.8 Å². The normalized spacial score (nSPS) is 10.1. The zero-order valence-corrected chi connectivity index (χ0v) is 7.64. The lowest BCUT2D eigenvalue weighted by Gasteiger charge is -1.99. The molecule has 0 saturated carbocycles. The fourth-order valence-electron chi connectivity index (χ4n) is 0.389. The predicted octanol–water partition coefficient (Wildman–Crippen LogP) is 0.0576. The molecular formula is C5H14O2Si. The largest absolute Gasteiger partial charge is 0.406 e. The van der Waals surface area contributed by atoms with Crippen LogP contribution in [-0.4, -0.2) is 23.9 Å². The van der Waals surface area contributed by atoms with Crippen molar-refractivity contribution in [2.75, 3.05) is 13.4 Å². The van der Waals surface area contributed by atoms with Crippen LogP contribution in [0.4, 0.5) is 0 Å². The van der Waals surface area contributed by atoms with Crippen LogP contribution in [0.5, 0.6) is 0 Å². The first-order chi connectivity index (χ1) is 3.91. The van der Waals surface area contributed by atoms with Crippen LogP contribution < -0.4 is 0 Å². The van der Waals surface area contributed by atoms with Gasteiger partial charge in [0.15, 0.2) is 0 Å². The zero-order valence-electron chi connectivity index (χ0n) is 5.64. The summed E-state index contributed by atoms with van der Waals surface area (Å²) >= 11 is 0. The molecule has 2 nitrogen and oxygen atoms in total. The van der Waals surface area contributed by atoms with Gasteiger partial charge in [0.2, 0.25) is 0 Å². The highest BCUT2D eigenvalue weighted by molar-refractivity contribution is 5.97. The molecule has 0 saturated heterocycles. The summed E-state index contributed by atoms with van der Waals surface area (Å²) in [5, 5.41) is 0. The van der Waals surface area contributed by atoms with Crippen LogP contribution in [0.25, 0.3) is 0 Å². The third-order valence-electron chi connectivity index (χ3n) is 0.843. The van der Waals surface area contributed by atoms with E-state index in [0.29, 0.717) is 6.79 Å². The standard InChI is InChI=1S/C5H14O2Si/c1-2-3-4-6-5-7-8/h2-5H2,1,8H3. The number of rotatable bonds is 5. The SMILES string of the molecule is CCCCOCO[SiH3]. The highest BCUT2D eigenvalue weighted by atomic mass is 28.2. The maximum atomic E-state index is 5.04. The molecule has 0 aliphatic carbocycles. The van der Waals surface area contributed by atoms with Crippen molar-refractivity contribution in [1.29, 1.82) is 0 Å². The van der Waals surface area contributed by atoms with Crippen LogP contribution in [0, 0.1) is 0 Å². The van der Waals surface area contributed by atoms with E-state index in [0.717, 1.165) is 23.5 Å². The van der Waals surface area contributed by atoms with E-state index in [4.69, 9.17) is 9.16 Å². The Labute approximate surface area is 53.7 Å². The first kappa shape index (κ1) is 8.14. The Hall–Kier alpha value is 0.137. The van der Waals surface area contributed by atoms with Gasteiger partial charge < -0.3 is 9.16 Å². The molecule has 0 heterocycles. The second-order valence-corrected chi connectivity index (χ2v) is 2.25. The van der Waals surface area contributed by atoms with E-state index in [-0.39, 0.29) is 0 Å². The fraction of sp³-hybridized carbons (Fsp3) is 1.00. The van der Waals surface area contributed by atoms with E-state index in [1.165, 1.54) is 6.42 Å². The smallest absolute Gasteiger partial charge is 0.149 e. The van der Waals surface area contributed by atoms with E-state index in [1.54, 1.807) is 0 Å². The Morgan fingerprint density at radius 3 is 2.75 bits per heavy atom. The number of unbranched alkanes of at least 4 members (excludes halogenated alkanes) is 1. The maximum absolute atomic E-state index is 5.04. The molecule has 8 heavy (non-hydrogen) atoms. The minimum Gasteiger partial charge on any atom is -0.406 e. The molecule has 0 amide bonds. The third kappa shape index (κ3) is 6.14. The molecule has 50 valence electrons. The van der Waals surface area contributed by atoms with Crippen molar-refractivity contribution in [1.82, 2.24) is 0 Å². The van der Waals surface area contributed by atoms with Gasteiger partial charge in [0.25, 0.3) is 0 Å². The van der Waals surface area contributed by atoms with Crippen molar-refractivity contribution >= 4 is 10.5 Å². The summed E-state index contributed by atoms with van der Waals surface area (Å²) in [6.07, 6.45) is 2.34. The van der Waals surface area contributed by atoms with Gasteiger partial charge in [-0.3, -0.25) is 0 Å². The van der Waals surface area contributed by atoms with Gasteiger partial charge in [0, 0.05) is 6.61 Å². The second kappa shape index (κ2) is 7.14. The van der Waals surface area contributed by atoms with Gasteiger partial charge in [0.1, 0.15) is 17.3 Å². The molecule has 0 unspecified atom stereocenters. The van der Waals surface area contributed by atoms with Crippen LogP contribution in [0.2, 0.25) is 0 Å². The Morgan fingerprint density at radius 2 is 2.25 bits per heavy atom. The van der Waals surface area contributed by atoms with Crippen LogP contribution in [0.1, 0.15) is 19.8 Å². The summed E-state index contributed by atoms with van der Waals surface area (Å²) in [7, 11) is 0.782. The summed E-state index contributed by atoms with van der Waals surface area (Å²) in [6, 6.07) is 0. The van der Waals surface area contributed by atoms with E-state index >= 15 is 0 Å². The van der Waals surface area contributed by atoms with E-state index in [2.05, 4.69) is 6.92 Å². The lowest BCUT2D eigenvalue weighted by molar-refractivity contribution is 0.0190. The summed E-state index contributed by atoms with van der Waals surface area (Å²) in [5.41, 5.74) is 0. The molecule has 0 radical (unpaired) electrons. The highest BCUT2D eigenvalue weighted by Crippen LogP contribution is 1.86. The first-order valence-electron chi connectivity index (χ1n) is 2.98. The van der Waals surface area contributed by atoms with Crippen LogP contribution in [-0.2, 0) is 9.16 Å². The van der Waals surface area contributed by atoms with E-state index < -0.39 is 0 Å². The molecule has 3 heteroatoms. The average molecular weight is 134 g/mol. The number of hydrogen-bond donors (Lipinski definition) is 0. The Bertz CT molecular complexity index is 35.4. The van der Waals surface area contributed by atoms with E-state index in [1.807, 2.05) is 0 Å². The van der Waals surface area contributed by atoms with Gasteiger partial charge in [-0.1, -0.05) is 13.3 Å². The lowest BCUT2D eigenvalue weighted by Crippen LogP contribution is -1.98. The highest BCUT2D eigenvalue weighted by Gasteiger charge is 1.81. The molecule has 0 aliphatic heterocycles. The molecule has 0 bridgehead atoms. The second-order valence-electron chi connectivity index (χ2n) is 1.67. The number of ether oxygens (including phenoxy) is 1. The van der Waals surface area contributed by atoms with Gasteiger partial charge in [0.05, 0.1) is 0 Å². The molecule has 0 aromatic heterocycles. The molecule has 0 spiro atoms. The molecule has 0 aromatic rings. The summed E-state index contributed by atoms with van der Waals surface area (Å²) < 4.78 is 9.84. The Morgan fingerprint density at radius 1 is 1.50 bits per heavy atom. The van der Waals surface area contributed by atoms with Crippen molar-refractivity contribution in [3.8, 4) is 0 Å². The lowest BCUT2D eigenvalue weighted by atomic mass is 10.4. The van der Waals surface area contributed by atoms with Crippen molar-refractivity contribution < 1.29 is 9.16 Å². The topological polar surface area (TPSA) is 18.5 Å². The monoisotopic (exact) mass is 134 g/mol. The zero-order chi connectivity index (χ0) is 6.24. The van der Waals surface area contributed by atoms with Crippen molar-refractivity contribution in [3.05, 3.63) is 0 Å². The van der Waals surface area contributed by atoms with Crippen LogP contribution in [0.3, 0.4) is 0 Å². The molecule has 0 rings (SSSR count). The first-order valence-corrected chi connectivity index (χ1v) is 3.80. The van der Waals surface area contributed by atoms with Gasteiger partial charge >= 0.3 is 0 Å². The van der Waals surface area contributed by atoms with Gasteiger partial charge in [-0.15, -0.1) is 0 Å². The molecular weight excluding hydrogens is 120 g/mol. The Kier molecular flexibility index (Phi) is 7.26. The van der Waals surface area contributed by atoms with Gasteiger partial charge in [-0.25, -0.2) is 0 Å². The maximum Gasteiger partial charge on any atom is 0.149 e. The Balaban J connectivity index is 2.53. The molecule has 0 aromatic carbocycles. The van der Waals surface area contributed by atoms with Gasteiger partial charge in [-0.05, 0) is 6.42 Å². The molecule has 0 N–H and O–H groups in total. The molecule has 0 atom stereocenters. The number of hydrogen-bond acceptors (Lipinski definition) is 2.